The van der Waals surface area contributed by atoms with Gasteiger partial charge in [0.1, 0.15) is 27.8 Å². The van der Waals surface area contributed by atoms with Crippen molar-refractivity contribution >= 4 is 209 Å². The highest BCUT2D eigenvalue weighted by Crippen LogP contribution is 2.50. The molecule has 0 radical (unpaired) electrons. The zero-order chi connectivity index (χ0) is 53.9. The predicted molar refractivity (Wildman–Crippen MR) is 298 cm³/mol. The quantitative estimate of drug-likeness (QED) is 0.222. The first-order chi connectivity index (χ1) is 31.5. The Hall–Kier alpha value is -1.03. The molecule has 0 saturated carbocycles. The summed E-state index contributed by atoms with van der Waals surface area (Å²) in [6, 6.07) is 1.69. The molecule has 70 heavy (non-hydrogen) atoms. The molecule has 0 aliphatic carbocycles. The van der Waals surface area contributed by atoms with Gasteiger partial charge >= 0.3 is 12.2 Å². The predicted octanol–water partition coefficient (Wildman–Crippen LogP) is 10.6. The lowest BCUT2D eigenvalue weighted by atomic mass is 10.0. The molecule has 0 fully saturated rings. The molecular formula is C37H47Br5Cl3N9O10S6. The van der Waals surface area contributed by atoms with Crippen LogP contribution in [0.2, 0.25) is 15.1 Å². The Morgan fingerprint density at radius 2 is 0.957 bits per heavy atom. The summed E-state index contributed by atoms with van der Waals surface area (Å²) in [7, 11) is -6.88. The second-order valence-electron chi connectivity index (χ2n) is 18.0. The van der Waals surface area contributed by atoms with Gasteiger partial charge in [0.2, 0.25) is 47.9 Å². The largest absolute Gasteiger partial charge is 0.444 e. The summed E-state index contributed by atoms with van der Waals surface area (Å²) in [6.45, 7) is 15.3. The topological polar surface area (TPSA) is 252 Å². The van der Waals surface area contributed by atoms with Crippen molar-refractivity contribution < 1.29 is 44.3 Å². The molecule has 0 saturated heterocycles. The zero-order valence-electron chi connectivity index (χ0n) is 39.0. The van der Waals surface area contributed by atoms with Crippen LogP contribution in [-0.2, 0) is 56.2 Å². The zero-order valence-corrected chi connectivity index (χ0v) is 54.1. The molecule has 4 N–H and O–H groups in total. The van der Waals surface area contributed by atoms with Crippen molar-refractivity contribution in [2.45, 2.75) is 90.1 Å². The number of nitrogens with two attached hydrogens (primary N) is 1. The number of sulfonamides is 3. The van der Waals surface area contributed by atoms with Gasteiger partial charge in [0.05, 0.1) is 67.3 Å². The van der Waals surface area contributed by atoms with Gasteiger partial charge in [0.15, 0.2) is 0 Å². The van der Waals surface area contributed by atoms with Gasteiger partial charge in [-0.3, -0.25) is 10.6 Å². The number of carbonyl (C=O) groups excluding carboxylic acids is 2. The van der Waals surface area contributed by atoms with Gasteiger partial charge in [0, 0.05) is 21.1 Å². The fourth-order valence-electron chi connectivity index (χ4n) is 6.27. The standard InChI is InChI=1S/C14H18Br2ClN3O4S2.C14H19BrClN3O4S2.C9H10Br2ClN3O2S2/c1-13(2,3)24-12(21)18-11-19-14(4,6-26(22,23)20(11)5)9-8(17)7(15)10(16)25-9;1-13(2,3)23-12(20)17-11-18-14(4,7-25(21,22)19(11)5)10-8(16)6-9(15)24-10;1-9(6-5(12)4(10)7(11)18-6)3-19(16,17)15(2)8(13)14-9/h6H2,1-5H3,(H,18,19,21);6H,7H2,1-5H3,(H,17,18,20);3H2,1-2H3,(H2,13,14)/t2*14-;9-/m000/s1. The molecule has 3 atom stereocenters. The second kappa shape index (κ2) is 21.9. The Morgan fingerprint density at radius 3 is 1.24 bits per heavy atom. The summed E-state index contributed by atoms with van der Waals surface area (Å²) in [5.74, 6) is -0.979. The molecule has 0 bridgehead atoms. The molecule has 0 unspecified atom stereocenters. The third-order valence-corrected chi connectivity index (χ3v) is 26.4. The highest BCUT2D eigenvalue weighted by atomic mass is 79.9. The van der Waals surface area contributed by atoms with Crippen LogP contribution in [0.3, 0.4) is 0 Å². The molecule has 6 rings (SSSR count). The van der Waals surface area contributed by atoms with Crippen LogP contribution in [0.15, 0.2) is 41.3 Å². The average molecular weight is 1480 g/mol. The highest BCUT2D eigenvalue weighted by Gasteiger charge is 2.46. The van der Waals surface area contributed by atoms with E-state index in [9.17, 15) is 34.8 Å². The van der Waals surface area contributed by atoms with Gasteiger partial charge < -0.3 is 15.2 Å². The lowest BCUT2D eigenvalue weighted by Gasteiger charge is -2.35. The van der Waals surface area contributed by atoms with E-state index in [4.69, 9.17) is 50.0 Å². The molecule has 3 aliphatic heterocycles. The molecule has 6 heterocycles. The van der Waals surface area contributed by atoms with E-state index in [1.807, 2.05) is 0 Å². The van der Waals surface area contributed by atoms with Gasteiger partial charge in [-0.15, -0.1) is 34.0 Å². The summed E-state index contributed by atoms with van der Waals surface area (Å²) in [6.07, 6.45) is -1.57. The number of ether oxygens (including phenoxy) is 2. The second-order valence-corrected chi connectivity index (χ2v) is 33.8. The van der Waals surface area contributed by atoms with Crippen molar-refractivity contribution in [2.24, 2.45) is 20.7 Å². The van der Waals surface area contributed by atoms with E-state index in [2.05, 4.69) is 105 Å². The number of hydrogen-bond acceptors (Lipinski definition) is 17. The van der Waals surface area contributed by atoms with Gasteiger partial charge in [0.25, 0.3) is 0 Å². The summed E-state index contributed by atoms with van der Waals surface area (Å²) >= 11 is 39.5. The summed E-state index contributed by atoms with van der Waals surface area (Å²) in [5.41, 5.74) is 0.984. The van der Waals surface area contributed by atoms with E-state index in [0.717, 1.165) is 24.3 Å². The molecule has 19 nitrogen and oxygen atoms in total. The van der Waals surface area contributed by atoms with Gasteiger partial charge in [-0.05, 0) is 148 Å². The molecule has 3 aromatic rings. The summed E-state index contributed by atoms with van der Waals surface area (Å²) in [5, 5.41) is 6.09. The van der Waals surface area contributed by atoms with Crippen molar-refractivity contribution in [1.29, 1.82) is 0 Å². The van der Waals surface area contributed by atoms with E-state index in [-0.39, 0.29) is 35.1 Å². The van der Waals surface area contributed by atoms with Crippen LogP contribution >= 0.6 is 148 Å². The van der Waals surface area contributed by atoms with Crippen molar-refractivity contribution in [1.82, 2.24) is 23.5 Å². The van der Waals surface area contributed by atoms with Crippen LogP contribution in [0.4, 0.5) is 9.59 Å². The number of carbonyl (C=O) groups is 2. The first-order valence-corrected chi connectivity index (χ1v) is 32.0. The number of amides is 2. The van der Waals surface area contributed by atoms with E-state index in [1.165, 1.54) is 55.2 Å². The molecule has 33 heteroatoms. The lowest BCUT2D eigenvalue weighted by molar-refractivity contribution is 0.0546. The van der Waals surface area contributed by atoms with E-state index >= 15 is 0 Å². The fourth-order valence-corrected chi connectivity index (χ4v) is 18.6. The smallest absolute Gasteiger partial charge is 0.414 e. The molecule has 392 valence electrons. The van der Waals surface area contributed by atoms with Crippen LogP contribution in [0.1, 0.15) is 76.9 Å². The SMILES string of the molecule is CN1C(N)=N[C@](C)(c2sc(Br)c(Br)c2Cl)CS1(=O)=O.CN1C(NC(=O)OC(C)(C)C)=N[C@](C)(c2sc(Br)c(Br)c2Cl)CS1(=O)=O.CN1C(NC(=O)OC(C)(C)C)=N[C@](C)(c2sc(Br)cc2Cl)CS1(=O)=O. The number of hydrogen-bond donors (Lipinski definition) is 3. The minimum absolute atomic E-state index is 0.0366. The number of alkyl carbamates (subject to hydrolysis) is 2. The highest BCUT2D eigenvalue weighted by molar-refractivity contribution is 9.14. The van der Waals surface area contributed by atoms with E-state index in [0.29, 0.717) is 38.6 Å². The Morgan fingerprint density at radius 1 is 0.629 bits per heavy atom. The molecular weight excluding hydrogens is 1430 g/mol. The molecule has 3 aromatic heterocycles. The molecule has 3 aliphatic rings. The molecule has 0 aromatic carbocycles. The number of rotatable bonds is 3. The molecule has 2 amide bonds. The maximum absolute atomic E-state index is 12.6. The van der Waals surface area contributed by atoms with E-state index < -0.39 is 70.1 Å². The Balaban J connectivity index is 0.000000231. The number of nitrogens with one attached hydrogen (secondary N) is 2. The first-order valence-electron chi connectivity index (χ1n) is 19.7. The van der Waals surface area contributed by atoms with Gasteiger partial charge in [-0.1, -0.05) is 34.8 Å². The van der Waals surface area contributed by atoms with Crippen molar-refractivity contribution in [3.05, 3.63) is 56.1 Å². The number of nitrogens with zero attached hydrogens (tertiary/aromatic N) is 6. The monoisotopic (exact) mass is 1470 g/mol. The van der Waals surface area contributed by atoms with Crippen molar-refractivity contribution in [3.8, 4) is 0 Å². The Labute approximate surface area is 476 Å². The van der Waals surface area contributed by atoms with Crippen LogP contribution in [-0.4, -0.2) is 118 Å². The first kappa shape index (κ1) is 61.5. The minimum atomic E-state index is -3.73. The number of thiophene rings is 3. The third kappa shape index (κ3) is 14.5. The number of halogens is 8. The average Bonchev–Trinajstić information content (AvgIpc) is 3.76. The summed E-state index contributed by atoms with van der Waals surface area (Å²) < 4.78 is 91.4. The maximum Gasteiger partial charge on any atom is 0.414 e. The minimum Gasteiger partial charge on any atom is -0.444 e. The fraction of sp³-hybridized carbons (Fsp3) is 0.541. The van der Waals surface area contributed by atoms with Crippen LogP contribution in [0.25, 0.3) is 0 Å². The van der Waals surface area contributed by atoms with Crippen molar-refractivity contribution in [2.75, 3.05) is 38.4 Å². The maximum atomic E-state index is 12.6. The van der Waals surface area contributed by atoms with Crippen LogP contribution in [0, 0.1) is 0 Å². The third-order valence-electron chi connectivity index (χ3n) is 9.49. The Kier molecular flexibility index (Phi) is 19.2. The van der Waals surface area contributed by atoms with Gasteiger partial charge in [-0.2, -0.15) is 0 Å². The molecule has 0 spiro atoms. The van der Waals surface area contributed by atoms with Gasteiger partial charge in [-0.25, -0.2) is 62.7 Å². The van der Waals surface area contributed by atoms with Crippen LogP contribution < -0.4 is 16.4 Å². The van der Waals surface area contributed by atoms with Crippen LogP contribution in [0.5, 0.6) is 0 Å². The van der Waals surface area contributed by atoms with E-state index in [1.54, 1.807) is 68.4 Å². The Bertz CT molecular complexity index is 3020. The van der Waals surface area contributed by atoms with Crippen molar-refractivity contribution in [3.63, 3.8) is 0 Å². The lowest BCUT2D eigenvalue weighted by Crippen LogP contribution is -2.53. The summed E-state index contributed by atoms with van der Waals surface area (Å²) in [4.78, 5) is 39.2. The number of guanidine groups is 3. The normalized spacial score (nSPS) is 23.9. The number of aliphatic imine (C=N–C) groups is 3.